The number of nitrogens with two attached hydrogens (primary N) is 1. The first-order valence-electron chi connectivity index (χ1n) is 10.2. The predicted molar refractivity (Wildman–Crippen MR) is 119 cm³/mol. The van der Waals surface area contributed by atoms with E-state index in [0.717, 1.165) is 21.7 Å². The Labute approximate surface area is 179 Å². The number of carbonyl (C=O) groups excluding carboxylic acids is 1. The molecule has 0 saturated carbocycles. The van der Waals surface area contributed by atoms with E-state index in [1.165, 1.54) is 0 Å². The number of hydrogen-bond donors (Lipinski definition) is 1. The number of esters is 1. The van der Waals surface area contributed by atoms with Gasteiger partial charge in [0.2, 0.25) is 0 Å². The van der Waals surface area contributed by atoms with Crippen LogP contribution in [-0.2, 0) is 20.7 Å². The Morgan fingerprint density at radius 3 is 2.45 bits per heavy atom. The summed E-state index contributed by atoms with van der Waals surface area (Å²) in [5.41, 5.74) is 9.12. The number of benzene rings is 2. The van der Waals surface area contributed by atoms with Crippen LogP contribution in [0.25, 0.3) is 11.1 Å². The van der Waals surface area contributed by atoms with Crippen molar-refractivity contribution >= 4 is 17.6 Å². The van der Waals surface area contributed by atoms with Gasteiger partial charge < -0.3 is 15.2 Å². The van der Waals surface area contributed by atoms with Crippen LogP contribution in [0.4, 0.5) is 0 Å². The molecule has 0 amide bonds. The normalized spacial score (nSPS) is 14.2. The summed E-state index contributed by atoms with van der Waals surface area (Å²) in [5.74, 6) is -0.202. The van der Waals surface area contributed by atoms with Crippen LogP contribution in [0.1, 0.15) is 39.2 Å². The monoisotopic (exact) mass is 417 g/mol. The fraction of sp³-hybridized carbons (Fsp3) is 0.458. The van der Waals surface area contributed by atoms with Crippen molar-refractivity contribution in [3.05, 3.63) is 59.1 Å². The zero-order valence-electron chi connectivity index (χ0n) is 17.6. The van der Waals surface area contributed by atoms with Crippen molar-refractivity contribution in [1.29, 1.82) is 0 Å². The number of rotatable bonds is 11. The smallest absolute Gasteiger partial charge is 0.311 e. The summed E-state index contributed by atoms with van der Waals surface area (Å²) in [4.78, 5) is 12.5. The maximum Gasteiger partial charge on any atom is 0.311 e. The molecular formula is C24H32ClNO3. The third-order valence-corrected chi connectivity index (χ3v) is 5.33. The summed E-state index contributed by atoms with van der Waals surface area (Å²) in [5, 5.41) is 0.721. The second-order valence-electron chi connectivity index (χ2n) is 7.60. The van der Waals surface area contributed by atoms with Gasteiger partial charge >= 0.3 is 5.97 Å². The molecule has 2 rings (SSSR count). The summed E-state index contributed by atoms with van der Waals surface area (Å²) in [6.45, 7) is 7.20. The molecule has 0 fully saturated rings. The second kappa shape index (κ2) is 11.3. The van der Waals surface area contributed by atoms with Crippen molar-refractivity contribution in [2.24, 2.45) is 11.1 Å². The van der Waals surface area contributed by atoms with Gasteiger partial charge in [-0.2, -0.15) is 0 Å². The molecule has 0 heterocycles. The molecular weight excluding hydrogens is 386 g/mol. The van der Waals surface area contributed by atoms with Crippen molar-refractivity contribution < 1.29 is 14.3 Å². The van der Waals surface area contributed by atoms with E-state index >= 15 is 0 Å². The van der Waals surface area contributed by atoms with Crippen LogP contribution in [0.15, 0.2) is 48.5 Å². The van der Waals surface area contributed by atoms with E-state index in [9.17, 15) is 4.79 Å². The molecule has 4 nitrogen and oxygen atoms in total. The molecule has 2 aromatic rings. The first-order chi connectivity index (χ1) is 13.9. The third-order valence-electron chi connectivity index (χ3n) is 5.09. The lowest BCUT2D eigenvalue weighted by Gasteiger charge is -2.30. The van der Waals surface area contributed by atoms with E-state index in [2.05, 4.69) is 24.3 Å². The largest absolute Gasteiger partial charge is 0.466 e. The minimum absolute atomic E-state index is 0.150. The van der Waals surface area contributed by atoms with Gasteiger partial charge in [-0.25, -0.2) is 0 Å². The second-order valence-corrected chi connectivity index (χ2v) is 8.04. The van der Waals surface area contributed by atoms with Gasteiger partial charge in [0, 0.05) is 24.3 Å². The molecule has 5 heteroatoms. The first kappa shape index (κ1) is 23.4. The van der Waals surface area contributed by atoms with E-state index in [-0.39, 0.29) is 12.0 Å². The van der Waals surface area contributed by atoms with E-state index in [1.807, 2.05) is 45.0 Å². The molecule has 0 aliphatic carbocycles. The van der Waals surface area contributed by atoms with Gasteiger partial charge in [-0.15, -0.1) is 0 Å². The molecule has 2 aromatic carbocycles. The topological polar surface area (TPSA) is 61.5 Å². The highest BCUT2D eigenvalue weighted by Gasteiger charge is 2.36. The summed E-state index contributed by atoms with van der Waals surface area (Å²) in [6.07, 6.45) is 1.84. The SMILES string of the molecule is CCOCCC(C)(C[C@H](N)Cc1ccc(-c2cccc(Cl)c2)cc1)C(=O)OCC. The number of hydrogen-bond acceptors (Lipinski definition) is 4. The van der Waals surface area contributed by atoms with Gasteiger partial charge in [0.05, 0.1) is 12.0 Å². The van der Waals surface area contributed by atoms with Crippen LogP contribution in [0.5, 0.6) is 0 Å². The van der Waals surface area contributed by atoms with Crippen LogP contribution in [0, 0.1) is 5.41 Å². The average Bonchev–Trinajstić information content (AvgIpc) is 2.69. The lowest BCUT2D eigenvalue weighted by Crippen LogP contribution is -2.38. The molecule has 0 aliphatic rings. The molecule has 1 unspecified atom stereocenters. The molecule has 0 aliphatic heterocycles. The van der Waals surface area contributed by atoms with Crippen molar-refractivity contribution in [1.82, 2.24) is 0 Å². The van der Waals surface area contributed by atoms with Crippen LogP contribution in [-0.4, -0.2) is 31.8 Å². The molecule has 2 N–H and O–H groups in total. The molecule has 0 spiro atoms. The van der Waals surface area contributed by atoms with Crippen molar-refractivity contribution in [2.45, 2.75) is 46.1 Å². The highest BCUT2D eigenvalue weighted by Crippen LogP contribution is 2.30. The molecule has 0 saturated heterocycles. The van der Waals surface area contributed by atoms with Gasteiger partial charge in [-0.3, -0.25) is 4.79 Å². The standard InChI is InChI=1S/C24H32ClNO3/c1-4-28-14-13-24(3,23(27)29-5-2)17-22(26)15-18-9-11-19(12-10-18)20-7-6-8-21(25)16-20/h6-12,16,22H,4-5,13-15,17,26H2,1-3H3/t22-,24?/m1/s1. The van der Waals surface area contributed by atoms with Gasteiger partial charge in [-0.1, -0.05) is 48.0 Å². The quantitative estimate of drug-likeness (QED) is 0.400. The fourth-order valence-electron chi connectivity index (χ4n) is 3.49. The van der Waals surface area contributed by atoms with E-state index < -0.39 is 5.41 Å². The summed E-state index contributed by atoms with van der Waals surface area (Å²) >= 11 is 6.09. The van der Waals surface area contributed by atoms with E-state index in [0.29, 0.717) is 39.1 Å². The maximum atomic E-state index is 12.5. The lowest BCUT2D eigenvalue weighted by molar-refractivity contribution is -0.156. The summed E-state index contributed by atoms with van der Waals surface area (Å²) < 4.78 is 10.8. The number of ether oxygens (including phenoxy) is 2. The fourth-order valence-corrected chi connectivity index (χ4v) is 3.68. The molecule has 29 heavy (non-hydrogen) atoms. The highest BCUT2D eigenvalue weighted by molar-refractivity contribution is 6.30. The predicted octanol–water partition coefficient (Wildman–Crippen LogP) is 5.26. The molecule has 0 bridgehead atoms. The van der Waals surface area contributed by atoms with Gasteiger partial charge in [0.15, 0.2) is 0 Å². The summed E-state index contributed by atoms with van der Waals surface area (Å²) in [7, 11) is 0. The van der Waals surface area contributed by atoms with Gasteiger partial charge in [-0.05, 0) is 68.9 Å². The number of halogens is 1. The highest BCUT2D eigenvalue weighted by atomic mass is 35.5. The van der Waals surface area contributed by atoms with Crippen molar-refractivity contribution in [3.8, 4) is 11.1 Å². The van der Waals surface area contributed by atoms with E-state index in [4.69, 9.17) is 26.8 Å². The Bertz CT molecular complexity index is 778. The van der Waals surface area contributed by atoms with Gasteiger partial charge in [0.25, 0.3) is 0 Å². The molecule has 2 atom stereocenters. The van der Waals surface area contributed by atoms with Crippen molar-refractivity contribution in [3.63, 3.8) is 0 Å². The Balaban J connectivity index is 2.03. The van der Waals surface area contributed by atoms with E-state index in [1.54, 1.807) is 0 Å². The Hall–Kier alpha value is -1.88. The summed E-state index contributed by atoms with van der Waals surface area (Å²) in [6, 6.07) is 16.0. The Kier molecular flexibility index (Phi) is 9.15. The average molecular weight is 418 g/mol. The lowest BCUT2D eigenvalue weighted by atomic mass is 9.79. The van der Waals surface area contributed by atoms with Crippen molar-refractivity contribution in [2.75, 3.05) is 19.8 Å². The first-order valence-corrected chi connectivity index (χ1v) is 10.6. The Morgan fingerprint density at radius 1 is 1.10 bits per heavy atom. The van der Waals surface area contributed by atoms with Crippen LogP contribution < -0.4 is 5.73 Å². The molecule has 158 valence electrons. The Morgan fingerprint density at radius 2 is 1.83 bits per heavy atom. The zero-order chi connectivity index (χ0) is 21.3. The van der Waals surface area contributed by atoms with Gasteiger partial charge in [0.1, 0.15) is 0 Å². The minimum atomic E-state index is -0.647. The minimum Gasteiger partial charge on any atom is -0.466 e. The number of carbonyl (C=O) groups is 1. The third kappa shape index (κ3) is 7.14. The molecule has 0 aromatic heterocycles. The van der Waals surface area contributed by atoms with Crippen LogP contribution in [0.3, 0.4) is 0 Å². The van der Waals surface area contributed by atoms with Crippen LogP contribution >= 0.6 is 11.6 Å². The molecule has 0 radical (unpaired) electrons. The zero-order valence-corrected chi connectivity index (χ0v) is 18.4. The maximum absolute atomic E-state index is 12.5. The van der Waals surface area contributed by atoms with Crippen LogP contribution in [0.2, 0.25) is 5.02 Å².